The van der Waals surface area contributed by atoms with Crippen LogP contribution in [0.4, 0.5) is 4.39 Å². The molecule has 1 atom stereocenters. The van der Waals surface area contributed by atoms with Crippen LogP contribution in [-0.4, -0.2) is 6.04 Å². The molecule has 2 nitrogen and oxygen atoms in total. The first-order valence-corrected chi connectivity index (χ1v) is 6.91. The molecule has 0 bridgehead atoms. The fraction of sp³-hybridized carbons (Fsp3) is 0.600. The highest BCUT2D eigenvalue weighted by molar-refractivity contribution is 5.17. The molecule has 3 N–H and O–H groups in total. The zero-order chi connectivity index (χ0) is 13.4. The van der Waals surface area contributed by atoms with Crippen LogP contribution in [0.2, 0.25) is 0 Å². The number of hydrogen-bond acceptors (Lipinski definition) is 2. The van der Waals surface area contributed by atoms with Crippen molar-refractivity contribution in [3.63, 3.8) is 0 Å². The number of nitrogens with one attached hydrogen (secondary N) is 1. The summed E-state index contributed by atoms with van der Waals surface area (Å²) in [5, 5.41) is 0. The number of benzene rings is 1. The molecule has 0 radical (unpaired) electrons. The minimum atomic E-state index is -0.175. The van der Waals surface area contributed by atoms with Gasteiger partial charge in [-0.05, 0) is 42.9 Å². The van der Waals surface area contributed by atoms with Gasteiger partial charge in [0.1, 0.15) is 5.82 Å². The van der Waals surface area contributed by atoms with Crippen molar-refractivity contribution in [3.8, 4) is 0 Å². The Balaban J connectivity index is 2.69. The van der Waals surface area contributed by atoms with Crippen LogP contribution >= 0.6 is 0 Å². The van der Waals surface area contributed by atoms with Crippen molar-refractivity contribution >= 4 is 0 Å². The maximum Gasteiger partial charge on any atom is 0.123 e. The Labute approximate surface area is 110 Å². The van der Waals surface area contributed by atoms with E-state index in [4.69, 9.17) is 5.84 Å². The number of nitrogens with two attached hydrogens (primary N) is 1. The van der Waals surface area contributed by atoms with Crippen LogP contribution in [0.15, 0.2) is 24.3 Å². The summed E-state index contributed by atoms with van der Waals surface area (Å²) >= 11 is 0. The van der Waals surface area contributed by atoms with Gasteiger partial charge in [0.25, 0.3) is 0 Å². The third-order valence-corrected chi connectivity index (χ3v) is 3.45. The van der Waals surface area contributed by atoms with Crippen LogP contribution < -0.4 is 11.3 Å². The van der Waals surface area contributed by atoms with Crippen molar-refractivity contribution in [2.45, 2.75) is 52.0 Å². The topological polar surface area (TPSA) is 38.0 Å². The quantitative estimate of drug-likeness (QED) is 0.549. The summed E-state index contributed by atoms with van der Waals surface area (Å²) in [6.45, 7) is 4.39. The van der Waals surface area contributed by atoms with Crippen LogP contribution in [0.5, 0.6) is 0 Å². The molecule has 0 fully saturated rings. The van der Waals surface area contributed by atoms with Crippen LogP contribution in [0.1, 0.15) is 45.1 Å². The zero-order valence-electron chi connectivity index (χ0n) is 11.5. The summed E-state index contributed by atoms with van der Waals surface area (Å²) in [7, 11) is 0. The molecule has 0 spiro atoms. The molecule has 1 aromatic carbocycles. The average Bonchev–Trinajstić information content (AvgIpc) is 2.36. The summed E-state index contributed by atoms with van der Waals surface area (Å²) < 4.78 is 13.2. The fourth-order valence-corrected chi connectivity index (χ4v) is 2.57. The fourth-order valence-electron chi connectivity index (χ4n) is 2.57. The Hall–Kier alpha value is -0.930. The van der Waals surface area contributed by atoms with Gasteiger partial charge < -0.3 is 0 Å². The van der Waals surface area contributed by atoms with Crippen LogP contribution in [0.25, 0.3) is 0 Å². The second-order valence-electron chi connectivity index (χ2n) is 4.94. The number of rotatable bonds is 8. The van der Waals surface area contributed by atoms with E-state index in [0.717, 1.165) is 37.7 Å². The molecule has 0 aliphatic rings. The lowest BCUT2D eigenvalue weighted by Gasteiger charge is -2.26. The molecule has 0 aliphatic carbocycles. The number of hydrogen-bond donors (Lipinski definition) is 2. The highest BCUT2D eigenvalue weighted by Crippen LogP contribution is 2.20. The first-order valence-electron chi connectivity index (χ1n) is 6.91. The molecular formula is C15H25FN2. The number of hydrazine groups is 1. The molecule has 3 heteroatoms. The van der Waals surface area contributed by atoms with Gasteiger partial charge in [-0.15, -0.1) is 0 Å². The Kier molecular flexibility index (Phi) is 6.91. The Morgan fingerprint density at radius 3 is 2.39 bits per heavy atom. The molecule has 0 aromatic heterocycles. The van der Waals surface area contributed by atoms with Crippen LogP contribution in [-0.2, 0) is 6.42 Å². The molecule has 0 saturated heterocycles. The van der Waals surface area contributed by atoms with Gasteiger partial charge in [0.05, 0.1) is 0 Å². The van der Waals surface area contributed by atoms with E-state index < -0.39 is 0 Å². The maximum absolute atomic E-state index is 13.2. The highest BCUT2D eigenvalue weighted by atomic mass is 19.1. The second kappa shape index (κ2) is 8.22. The monoisotopic (exact) mass is 252 g/mol. The van der Waals surface area contributed by atoms with E-state index in [9.17, 15) is 4.39 Å². The van der Waals surface area contributed by atoms with E-state index in [1.807, 2.05) is 6.07 Å². The van der Waals surface area contributed by atoms with E-state index in [2.05, 4.69) is 19.3 Å². The molecule has 1 unspecified atom stereocenters. The summed E-state index contributed by atoms with van der Waals surface area (Å²) in [5.41, 5.74) is 3.93. The minimum absolute atomic E-state index is 0.175. The number of halogens is 1. The van der Waals surface area contributed by atoms with Crippen molar-refractivity contribution in [1.82, 2.24) is 5.43 Å². The third-order valence-electron chi connectivity index (χ3n) is 3.45. The minimum Gasteiger partial charge on any atom is -0.271 e. The Morgan fingerprint density at radius 2 is 1.89 bits per heavy atom. The van der Waals surface area contributed by atoms with E-state index >= 15 is 0 Å². The average molecular weight is 252 g/mol. The summed E-state index contributed by atoms with van der Waals surface area (Å²) in [5.74, 6) is 6.06. The van der Waals surface area contributed by atoms with Crippen molar-refractivity contribution in [2.24, 2.45) is 11.8 Å². The van der Waals surface area contributed by atoms with E-state index in [1.54, 1.807) is 12.1 Å². The van der Waals surface area contributed by atoms with Gasteiger partial charge in [-0.25, -0.2) is 4.39 Å². The van der Waals surface area contributed by atoms with Crippen molar-refractivity contribution in [1.29, 1.82) is 0 Å². The van der Waals surface area contributed by atoms with Crippen molar-refractivity contribution in [2.75, 3.05) is 0 Å². The maximum atomic E-state index is 13.2. The van der Waals surface area contributed by atoms with Gasteiger partial charge in [-0.3, -0.25) is 11.3 Å². The molecule has 0 amide bonds. The summed E-state index contributed by atoms with van der Waals surface area (Å²) in [6, 6.07) is 7.02. The van der Waals surface area contributed by atoms with Gasteiger partial charge in [0.2, 0.25) is 0 Å². The largest absolute Gasteiger partial charge is 0.271 e. The lowest BCUT2D eigenvalue weighted by molar-refractivity contribution is 0.311. The molecule has 1 rings (SSSR count). The first kappa shape index (κ1) is 15.1. The Bertz CT molecular complexity index is 335. The van der Waals surface area contributed by atoms with E-state index in [0.29, 0.717) is 5.92 Å². The van der Waals surface area contributed by atoms with Crippen molar-refractivity contribution < 1.29 is 4.39 Å². The predicted octanol–water partition coefficient (Wildman–Crippen LogP) is 3.42. The van der Waals surface area contributed by atoms with E-state index in [-0.39, 0.29) is 11.9 Å². The van der Waals surface area contributed by atoms with Gasteiger partial charge in [0, 0.05) is 6.04 Å². The molecule has 0 heterocycles. The predicted molar refractivity (Wildman–Crippen MR) is 74.5 cm³/mol. The van der Waals surface area contributed by atoms with Gasteiger partial charge in [-0.2, -0.15) is 0 Å². The van der Waals surface area contributed by atoms with Crippen molar-refractivity contribution in [3.05, 3.63) is 35.6 Å². The molecule has 1 aromatic rings. The normalized spacial score (nSPS) is 12.9. The SMILES string of the molecule is CCCC(CCC)C(Cc1cccc(F)c1)NN. The zero-order valence-corrected chi connectivity index (χ0v) is 11.5. The van der Waals surface area contributed by atoms with E-state index in [1.165, 1.54) is 6.07 Å². The molecule has 18 heavy (non-hydrogen) atoms. The smallest absolute Gasteiger partial charge is 0.123 e. The lowest BCUT2D eigenvalue weighted by atomic mass is 9.87. The standard InChI is InChI=1S/C15H25FN2/c1-3-6-13(7-4-2)15(18-17)11-12-8-5-9-14(16)10-12/h5,8-10,13,15,18H,3-4,6-7,11,17H2,1-2H3. The molecule has 0 aliphatic heterocycles. The molecule has 102 valence electrons. The summed E-state index contributed by atoms with van der Waals surface area (Å²) in [6.07, 6.45) is 5.44. The van der Waals surface area contributed by atoms with Gasteiger partial charge in [-0.1, -0.05) is 38.8 Å². The lowest BCUT2D eigenvalue weighted by Crippen LogP contribution is -2.42. The molecule has 0 saturated carbocycles. The highest BCUT2D eigenvalue weighted by Gasteiger charge is 2.19. The van der Waals surface area contributed by atoms with Gasteiger partial charge >= 0.3 is 0 Å². The molecular weight excluding hydrogens is 227 g/mol. The summed E-state index contributed by atoms with van der Waals surface area (Å²) in [4.78, 5) is 0. The Morgan fingerprint density at radius 1 is 1.22 bits per heavy atom. The first-order chi connectivity index (χ1) is 8.71. The second-order valence-corrected chi connectivity index (χ2v) is 4.94. The van der Waals surface area contributed by atoms with Crippen LogP contribution in [0, 0.1) is 11.7 Å². The van der Waals surface area contributed by atoms with Crippen LogP contribution in [0.3, 0.4) is 0 Å². The third kappa shape index (κ3) is 4.75. The van der Waals surface area contributed by atoms with Gasteiger partial charge in [0.15, 0.2) is 0 Å².